The third-order valence-corrected chi connectivity index (χ3v) is 7.65. The molecule has 1 aromatic heterocycles. The molecule has 0 amide bonds. The zero-order valence-electron chi connectivity index (χ0n) is 19.7. The Balaban J connectivity index is 1.75. The van der Waals surface area contributed by atoms with Crippen molar-refractivity contribution in [1.82, 2.24) is 9.29 Å². The fourth-order valence-electron chi connectivity index (χ4n) is 3.84. The first-order valence-corrected chi connectivity index (χ1v) is 12.5. The molecule has 1 N–H and O–H groups in total. The molecule has 0 fully saturated rings. The molecule has 1 heterocycles. The van der Waals surface area contributed by atoms with Gasteiger partial charge in [0.1, 0.15) is 5.75 Å². The first-order valence-electron chi connectivity index (χ1n) is 11.0. The SMILES string of the molecule is COc1ccc(CN(Cc2cc3ccc(C)cc3[nH]c2=O)S(=O)(=O)c2ccc(C(C)=O)cc2)cc1. The minimum Gasteiger partial charge on any atom is -0.497 e. The van der Waals surface area contributed by atoms with Crippen molar-refractivity contribution in [1.29, 1.82) is 0 Å². The van der Waals surface area contributed by atoms with Gasteiger partial charge in [0.05, 0.1) is 12.0 Å². The molecule has 35 heavy (non-hydrogen) atoms. The smallest absolute Gasteiger partial charge is 0.252 e. The second-order valence-electron chi connectivity index (χ2n) is 8.42. The van der Waals surface area contributed by atoms with Crippen molar-refractivity contribution in [3.63, 3.8) is 0 Å². The number of ketones is 1. The van der Waals surface area contributed by atoms with E-state index >= 15 is 0 Å². The summed E-state index contributed by atoms with van der Waals surface area (Å²) >= 11 is 0. The molecule has 0 aliphatic heterocycles. The van der Waals surface area contributed by atoms with Crippen LogP contribution in [0.25, 0.3) is 10.9 Å². The van der Waals surface area contributed by atoms with E-state index in [0.717, 1.165) is 16.5 Å². The van der Waals surface area contributed by atoms with Gasteiger partial charge in [-0.15, -0.1) is 0 Å². The molecule has 0 spiro atoms. The third-order valence-electron chi connectivity index (χ3n) is 5.84. The zero-order chi connectivity index (χ0) is 25.2. The second-order valence-corrected chi connectivity index (χ2v) is 10.4. The van der Waals surface area contributed by atoms with Gasteiger partial charge in [-0.05, 0) is 66.8 Å². The van der Waals surface area contributed by atoms with Gasteiger partial charge in [-0.3, -0.25) is 9.59 Å². The highest BCUT2D eigenvalue weighted by molar-refractivity contribution is 7.89. The number of aromatic nitrogens is 1. The predicted octanol–water partition coefficient (Wildman–Crippen LogP) is 4.44. The molecule has 4 rings (SSSR count). The number of nitrogens with one attached hydrogen (secondary N) is 1. The molecule has 0 bridgehead atoms. The Bertz CT molecular complexity index is 1540. The van der Waals surface area contributed by atoms with Crippen LogP contribution in [0.5, 0.6) is 5.75 Å². The first kappa shape index (κ1) is 24.4. The molecule has 8 heteroatoms. The summed E-state index contributed by atoms with van der Waals surface area (Å²) in [4.78, 5) is 27.4. The van der Waals surface area contributed by atoms with Crippen LogP contribution in [0.3, 0.4) is 0 Å². The number of aryl methyl sites for hydroxylation is 1. The lowest BCUT2D eigenvalue weighted by molar-refractivity contribution is 0.101. The third kappa shape index (κ3) is 5.34. The molecule has 3 aromatic carbocycles. The minimum atomic E-state index is -3.99. The van der Waals surface area contributed by atoms with Gasteiger partial charge in [0, 0.05) is 29.7 Å². The van der Waals surface area contributed by atoms with Crippen LogP contribution in [0.4, 0.5) is 0 Å². The van der Waals surface area contributed by atoms with E-state index in [2.05, 4.69) is 4.98 Å². The fraction of sp³-hybridized carbons (Fsp3) is 0.185. The number of aromatic amines is 1. The Labute approximate surface area is 204 Å². The average molecular weight is 491 g/mol. The molecule has 0 aliphatic rings. The van der Waals surface area contributed by atoms with Crippen LogP contribution < -0.4 is 10.3 Å². The van der Waals surface area contributed by atoms with Gasteiger partial charge in [-0.25, -0.2) is 8.42 Å². The predicted molar refractivity (Wildman–Crippen MR) is 135 cm³/mol. The number of hydrogen-bond donors (Lipinski definition) is 1. The van der Waals surface area contributed by atoms with E-state index in [1.807, 2.05) is 25.1 Å². The number of hydrogen-bond acceptors (Lipinski definition) is 5. The fourth-order valence-corrected chi connectivity index (χ4v) is 5.24. The van der Waals surface area contributed by atoms with Crippen LogP contribution in [0, 0.1) is 6.92 Å². The Morgan fingerprint density at radius 3 is 2.26 bits per heavy atom. The molecule has 0 saturated carbocycles. The van der Waals surface area contributed by atoms with E-state index in [9.17, 15) is 18.0 Å². The Kier molecular flexibility index (Phi) is 6.86. The van der Waals surface area contributed by atoms with Crippen LogP contribution in [0.1, 0.15) is 34.0 Å². The highest BCUT2D eigenvalue weighted by atomic mass is 32.2. The molecule has 0 radical (unpaired) electrons. The lowest BCUT2D eigenvalue weighted by Gasteiger charge is -2.23. The summed E-state index contributed by atoms with van der Waals surface area (Å²) in [7, 11) is -2.43. The Hall–Kier alpha value is -3.75. The molecule has 4 aromatic rings. The maximum Gasteiger partial charge on any atom is 0.252 e. The van der Waals surface area contributed by atoms with Gasteiger partial charge in [-0.1, -0.05) is 36.4 Å². The number of sulfonamides is 1. The summed E-state index contributed by atoms with van der Waals surface area (Å²) in [5, 5.41) is 0.817. The monoisotopic (exact) mass is 490 g/mol. The number of nitrogens with zero attached hydrogens (tertiary/aromatic N) is 1. The van der Waals surface area contributed by atoms with Crippen LogP contribution >= 0.6 is 0 Å². The summed E-state index contributed by atoms with van der Waals surface area (Å²) in [5.41, 5.74) is 2.86. The summed E-state index contributed by atoms with van der Waals surface area (Å²) < 4.78 is 33.8. The minimum absolute atomic E-state index is 0.0452. The van der Waals surface area contributed by atoms with Crippen molar-refractivity contribution in [2.45, 2.75) is 31.8 Å². The van der Waals surface area contributed by atoms with Gasteiger partial charge < -0.3 is 9.72 Å². The van der Waals surface area contributed by atoms with Crippen LogP contribution in [-0.2, 0) is 23.1 Å². The van der Waals surface area contributed by atoms with Crippen molar-refractivity contribution in [3.05, 3.63) is 105 Å². The van der Waals surface area contributed by atoms with Crippen LogP contribution in [0.15, 0.2) is 82.5 Å². The van der Waals surface area contributed by atoms with E-state index in [0.29, 0.717) is 22.4 Å². The molecule has 0 saturated heterocycles. The number of pyridine rings is 1. The van der Waals surface area contributed by atoms with Crippen molar-refractivity contribution >= 4 is 26.7 Å². The van der Waals surface area contributed by atoms with Gasteiger partial charge in [-0.2, -0.15) is 4.31 Å². The van der Waals surface area contributed by atoms with E-state index < -0.39 is 10.0 Å². The van der Waals surface area contributed by atoms with Gasteiger partial charge in [0.15, 0.2) is 5.78 Å². The highest BCUT2D eigenvalue weighted by Crippen LogP contribution is 2.23. The highest BCUT2D eigenvalue weighted by Gasteiger charge is 2.26. The molecule has 0 aliphatic carbocycles. The number of rotatable bonds is 8. The average Bonchev–Trinajstić information content (AvgIpc) is 2.84. The summed E-state index contributed by atoms with van der Waals surface area (Å²) in [5.74, 6) is 0.506. The van der Waals surface area contributed by atoms with Crippen LogP contribution in [-0.4, -0.2) is 30.6 Å². The number of H-pyrrole nitrogens is 1. The number of ether oxygens (including phenoxy) is 1. The molecule has 0 atom stereocenters. The number of Topliss-reactive ketones (excluding diaryl/α,β-unsaturated/α-hetero) is 1. The Morgan fingerprint density at radius 1 is 0.943 bits per heavy atom. The van der Waals surface area contributed by atoms with E-state index in [4.69, 9.17) is 4.74 Å². The molecule has 180 valence electrons. The summed E-state index contributed by atoms with van der Waals surface area (Å²) in [6, 6.07) is 20.3. The van der Waals surface area contributed by atoms with Crippen LogP contribution in [0.2, 0.25) is 0 Å². The van der Waals surface area contributed by atoms with E-state index in [1.165, 1.54) is 35.5 Å². The topological polar surface area (TPSA) is 96.5 Å². The summed E-state index contributed by atoms with van der Waals surface area (Å²) in [6.07, 6.45) is 0. The normalized spacial score (nSPS) is 11.7. The molecule has 0 unspecified atom stereocenters. The first-order chi connectivity index (χ1) is 16.7. The number of methoxy groups -OCH3 is 1. The van der Waals surface area contributed by atoms with Gasteiger partial charge >= 0.3 is 0 Å². The summed E-state index contributed by atoms with van der Waals surface area (Å²) in [6.45, 7) is 3.29. The number of fused-ring (bicyclic) bond motifs is 1. The van der Waals surface area contributed by atoms with Crippen molar-refractivity contribution < 1.29 is 17.9 Å². The number of carbonyl (C=O) groups excluding carboxylic acids is 1. The lowest BCUT2D eigenvalue weighted by atomic mass is 10.1. The lowest BCUT2D eigenvalue weighted by Crippen LogP contribution is -2.32. The van der Waals surface area contributed by atoms with E-state index in [-0.39, 0.29) is 29.3 Å². The Morgan fingerprint density at radius 2 is 1.63 bits per heavy atom. The number of carbonyl (C=O) groups is 1. The van der Waals surface area contributed by atoms with Gasteiger partial charge in [0.2, 0.25) is 10.0 Å². The van der Waals surface area contributed by atoms with Crippen molar-refractivity contribution in [2.75, 3.05) is 7.11 Å². The quantitative estimate of drug-likeness (QED) is 0.369. The maximum atomic E-state index is 13.7. The van der Waals surface area contributed by atoms with Crippen molar-refractivity contribution in [3.8, 4) is 5.75 Å². The molecule has 7 nitrogen and oxygen atoms in total. The molecular weight excluding hydrogens is 464 g/mol. The zero-order valence-corrected chi connectivity index (χ0v) is 20.6. The van der Waals surface area contributed by atoms with E-state index in [1.54, 1.807) is 37.4 Å². The number of benzene rings is 3. The van der Waals surface area contributed by atoms with Crippen molar-refractivity contribution in [2.24, 2.45) is 0 Å². The van der Waals surface area contributed by atoms with Gasteiger partial charge in [0.25, 0.3) is 5.56 Å². The standard InChI is InChI=1S/C27H26N2O5S/c1-18-4-7-22-15-23(27(31)28-26(22)14-18)17-29(16-20-5-10-24(34-3)11-6-20)35(32,33)25-12-8-21(9-13-25)19(2)30/h4-15H,16-17H2,1-3H3,(H,28,31). The maximum absolute atomic E-state index is 13.7. The largest absolute Gasteiger partial charge is 0.497 e. The molecular formula is C27H26N2O5S. The second kappa shape index (κ2) is 9.85.